The normalized spacial score (nSPS) is 13.1. The minimum atomic E-state index is -2.44. The molecular weight excluding hydrogens is 347 g/mol. The fraction of sp³-hybridized carbons (Fsp3) is 0.538. The second-order valence-corrected chi connectivity index (χ2v) is 23.2. The standard InChI is InChI=1S/C13H23Cl3Si3/c1-17(2)12-6-8-13(9-7-12)18(3,4)10-5-11-19(14,15)16/h6-9,17H,5,10-11H2,1-4H3. The highest BCUT2D eigenvalue weighted by molar-refractivity contribution is 7.64. The molecule has 0 fully saturated rings. The van der Waals surface area contributed by atoms with E-state index in [-0.39, 0.29) is 0 Å². The molecule has 0 heterocycles. The molecule has 1 rings (SSSR count). The summed E-state index contributed by atoms with van der Waals surface area (Å²) < 4.78 is 0. The monoisotopic (exact) mass is 368 g/mol. The molecule has 1 aromatic rings. The smallest absolute Gasteiger partial charge is 0.126 e. The zero-order chi connectivity index (χ0) is 14.7. The molecule has 0 radical (unpaired) electrons. The Morgan fingerprint density at radius 3 is 1.89 bits per heavy atom. The number of rotatable bonds is 6. The highest BCUT2D eigenvalue weighted by Crippen LogP contribution is 2.28. The summed E-state index contributed by atoms with van der Waals surface area (Å²) in [5, 5.41) is 3.07. The van der Waals surface area contributed by atoms with Gasteiger partial charge in [-0.2, -0.15) is 0 Å². The first kappa shape index (κ1) is 17.8. The summed E-state index contributed by atoms with van der Waals surface area (Å²) in [4.78, 5) is 0. The predicted molar refractivity (Wildman–Crippen MR) is 99.6 cm³/mol. The number of hydrogen-bond donors (Lipinski definition) is 0. The average molecular weight is 370 g/mol. The Morgan fingerprint density at radius 2 is 1.47 bits per heavy atom. The van der Waals surface area contributed by atoms with E-state index in [0.717, 1.165) is 12.5 Å². The fourth-order valence-electron chi connectivity index (χ4n) is 2.19. The summed E-state index contributed by atoms with van der Waals surface area (Å²) in [6.07, 6.45) is 1.04. The van der Waals surface area contributed by atoms with Gasteiger partial charge in [-0.05, 0) is 6.04 Å². The first-order valence-electron chi connectivity index (χ1n) is 6.79. The second kappa shape index (κ2) is 7.14. The highest BCUT2D eigenvalue weighted by atomic mass is 35.8. The zero-order valence-electron chi connectivity index (χ0n) is 12.1. The SMILES string of the molecule is C[SiH](C)c1ccc([Si](C)(C)CCC[Si](Cl)(Cl)Cl)cc1. The van der Waals surface area contributed by atoms with Gasteiger partial charge >= 0.3 is 6.00 Å². The lowest BCUT2D eigenvalue weighted by molar-refractivity contribution is 1.04. The lowest BCUT2D eigenvalue weighted by Gasteiger charge is -2.24. The lowest BCUT2D eigenvalue weighted by atomic mass is 10.4. The van der Waals surface area contributed by atoms with Gasteiger partial charge in [0.25, 0.3) is 0 Å². The molecule has 108 valence electrons. The van der Waals surface area contributed by atoms with Crippen molar-refractivity contribution in [1.29, 1.82) is 0 Å². The van der Waals surface area contributed by atoms with Crippen molar-refractivity contribution in [3.63, 3.8) is 0 Å². The molecule has 0 aliphatic heterocycles. The van der Waals surface area contributed by atoms with Crippen LogP contribution in [-0.4, -0.2) is 22.9 Å². The van der Waals surface area contributed by atoms with Gasteiger partial charge in [0, 0.05) is 0 Å². The van der Waals surface area contributed by atoms with Crippen molar-refractivity contribution in [2.45, 2.75) is 44.7 Å². The van der Waals surface area contributed by atoms with Crippen LogP contribution in [0.2, 0.25) is 38.3 Å². The van der Waals surface area contributed by atoms with E-state index in [1.54, 1.807) is 5.19 Å². The molecule has 0 nitrogen and oxygen atoms in total. The maximum atomic E-state index is 5.95. The van der Waals surface area contributed by atoms with Crippen LogP contribution in [0.25, 0.3) is 0 Å². The number of halogens is 3. The molecule has 0 spiro atoms. The number of benzene rings is 1. The Bertz CT molecular complexity index is 397. The molecule has 0 aliphatic carbocycles. The van der Waals surface area contributed by atoms with E-state index in [1.165, 1.54) is 11.2 Å². The quantitative estimate of drug-likeness (QED) is 0.517. The van der Waals surface area contributed by atoms with Gasteiger partial charge in [-0.3, -0.25) is 0 Å². The largest absolute Gasteiger partial charge is 0.341 e. The van der Waals surface area contributed by atoms with Crippen LogP contribution in [0.5, 0.6) is 0 Å². The Hall–Kier alpha value is 0.741. The fourth-order valence-corrected chi connectivity index (χ4v) is 7.71. The first-order valence-corrected chi connectivity index (χ1v) is 18.1. The van der Waals surface area contributed by atoms with Crippen LogP contribution < -0.4 is 10.4 Å². The minimum Gasteiger partial charge on any atom is -0.126 e. The van der Waals surface area contributed by atoms with Gasteiger partial charge in [0.05, 0.1) is 16.9 Å². The molecule has 0 amide bonds. The molecule has 0 bridgehead atoms. The van der Waals surface area contributed by atoms with Crippen LogP contribution in [0.15, 0.2) is 24.3 Å². The topological polar surface area (TPSA) is 0 Å². The average Bonchev–Trinajstić information content (AvgIpc) is 2.27. The molecule has 0 unspecified atom stereocenters. The Morgan fingerprint density at radius 1 is 0.947 bits per heavy atom. The molecule has 0 saturated heterocycles. The summed E-state index contributed by atoms with van der Waals surface area (Å²) >= 11 is 17.9. The lowest BCUT2D eigenvalue weighted by Crippen LogP contribution is -2.42. The summed E-state index contributed by atoms with van der Waals surface area (Å²) in [6, 6.07) is 8.86. The van der Waals surface area contributed by atoms with E-state index < -0.39 is 22.9 Å². The molecule has 0 atom stereocenters. The molecule has 6 heteroatoms. The summed E-state index contributed by atoms with van der Waals surface area (Å²) in [5.41, 5.74) is 0. The third kappa shape index (κ3) is 6.36. The molecule has 0 aromatic heterocycles. The van der Waals surface area contributed by atoms with E-state index in [0.29, 0.717) is 0 Å². The summed E-state index contributed by atoms with van der Waals surface area (Å²) in [5.74, 6) is 0. The van der Waals surface area contributed by atoms with Crippen molar-refractivity contribution >= 4 is 66.5 Å². The Labute approximate surface area is 135 Å². The van der Waals surface area contributed by atoms with Crippen LogP contribution >= 0.6 is 33.2 Å². The van der Waals surface area contributed by atoms with Crippen molar-refractivity contribution in [2.75, 3.05) is 0 Å². The van der Waals surface area contributed by atoms with E-state index in [4.69, 9.17) is 33.2 Å². The van der Waals surface area contributed by atoms with Crippen molar-refractivity contribution in [2.24, 2.45) is 0 Å². The zero-order valence-corrected chi connectivity index (χ0v) is 17.6. The minimum absolute atomic E-state index is 0.680. The van der Waals surface area contributed by atoms with Crippen LogP contribution in [-0.2, 0) is 0 Å². The Balaban J connectivity index is 2.66. The van der Waals surface area contributed by atoms with Crippen molar-refractivity contribution in [3.05, 3.63) is 24.3 Å². The van der Waals surface area contributed by atoms with Crippen LogP contribution in [0.3, 0.4) is 0 Å². The van der Waals surface area contributed by atoms with Crippen LogP contribution in [0, 0.1) is 0 Å². The van der Waals surface area contributed by atoms with Gasteiger partial charge in [-0.1, -0.05) is 73.3 Å². The second-order valence-electron chi connectivity index (χ2n) is 6.13. The predicted octanol–water partition coefficient (Wildman–Crippen LogP) is 4.34. The van der Waals surface area contributed by atoms with Crippen molar-refractivity contribution < 1.29 is 0 Å². The van der Waals surface area contributed by atoms with Crippen LogP contribution in [0.4, 0.5) is 0 Å². The Kier molecular flexibility index (Phi) is 6.69. The van der Waals surface area contributed by atoms with Gasteiger partial charge in [0.2, 0.25) is 0 Å². The van der Waals surface area contributed by atoms with Crippen molar-refractivity contribution in [3.8, 4) is 0 Å². The maximum absolute atomic E-state index is 5.95. The third-order valence-electron chi connectivity index (χ3n) is 3.62. The summed E-state index contributed by atoms with van der Waals surface area (Å²) in [7, 11) is -2.05. The number of hydrogen-bond acceptors (Lipinski definition) is 0. The van der Waals surface area contributed by atoms with Crippen molar-refractivity contribution in [1.82, 2.24) is 0 Å². The van der Waals surface area contributed by atoms with E-state index in [2.05, 4.69) is 50.5 Å². The molecule has 1 aromatic carbocycles. The highest BCUT2D eigenvalue weighted by Gasteiger charge is 2.28. The van der Waals surface area contributed by atoms with Gasteiger partial charge in [0.1, 0.15) is 0 Å². The van der Waals surface area contributed by atoms with Crippen LogP contribution in [0.1, 0.15) is 6.42 Å². The van der Waals surface area contributed by atoms with Gasteiger partial charge in [-0.25, -0.2) is 0 Å². The first-order chi connectivity index (χ1) is 8.62. The van der Waals surface area contributed by atoms with Gasteiger partial charge in [-0.15, -0.1) is 33.2 Å². The van der Waals surface area contributed by atoms with E-state index in [1.807, 2.05) is 0 Å². The molecule has 19 heavy (non-hydrogen) atoms. The van der Waals surface area contributed by atoms with E-state index >= 15 is 0 Å². The summed E-state index contributed by atoms with van der Waals surface area (Å²) in [6.45, 7) is 9.55. The molecule has 0 N–H and O–H groups in total. The maximum Gasteiger partial charge on any atom is 0.341 e. The van der Waals surface area contributed by atoms with Gasteiger partial charge < -0.3 is 0 Å². The third-order valence-corrected chi connectivity index (χ3v) is 11.5. The molecule has 0 aliphatic rings. The van der Waals surface area contributed by atoms with E-state index in [9.17, 15) is 0 Å². The molecular formula is C13H23Cl3Si3. The molecule has 0 saturated carbocycles. The van der Waals surface area contributed by atoms with Gasteiger partial charge in [0.15, 0.2) is 0 Å².